The van der Waals surface area contributed by atoms with Crippen LogP contribution in [0.15, 0.2) is 33.8 Å². The van der Waals surface area contributed by atoms with Crippen molar-refractivity contribution in [2.24, 2.45) is 5.73 Å². The van der Waals surface area contributed by atoms with Crippen LogP contribution < -0.4 is 5.73 Å². The molecule has 0 amide bonds. The average molecular weight is 276 g/mol. The molecule has 3 rings (SSSR count). The molecule has 0 aliphatic carbocycles. The van der Waals surface area contributed by atoms with Gasteiger partial charge in [-0.15, -0.1) is 5.10 Å². The summed E-state index contributed by atoms with van der Waals surface area (Å²) in [5.41, 5.74) is 7.14. The Bertz CT molecular complexity index is 645. The molecule has 8 heteroatoms. The first-order chi connectivity index (χ1) is 9.36. The van der Waals surface area contributed by atoms with E-state index >= 15 is 0 Å². The highest BCUT2D eigenvalue weighted by Crippen LogP contribution is 2.22. The summed E-state index contributed by atoms with van der Waals surface area (Å²) in [5.74, 6) is 1.24. The number of benzene rings is 1. The number of hydrogen-bond donors (Lipinski definition) is 1. The van der Waals surface area contributed by atoms with E-state index in [0.29, 0.717) is 29.9 Å². The molecular weight excluding hydrogens is 264 g/mol. The van der Waals surface area contributed by atoms with Crippen molar-refractivity contribution in [3.63, 3.8) is 0 Å². The number of para-hydroxylation sites is 2. The first-order valence-electron chi connectivity index (χ1n) is 5.80. The summed E-state index contributed by atoms with van der Waals surface area (Å²) in [4.78, 5) is 4.40. The number of hydrogen-bond acceptors (Lipinski definition) is 7. The van der Waals surface area contributed by atoms with Crippen LogP contribution in [0.3, 0.4) is 0 Å². The molecule has 0 aliphatic rings. The summed E-state index contributed by atoms with van der Waals surface area (Å²) in [6.07, 6.45) is 0. The van der Waals surface area contributed by atoms with Crippen LogP contribution in [0.2, 0.25) is 0 Å². The number of tetrazole rings is 1. The van der Waals surface area contributed by atoms with E-state index in [1.165, 1.54) is 11.8 Å². The summed E-state index contributed by atoms with van der Waals surface area (Å²) in [7, 11) is 0. The largest absolute Gasteiger partial charge is 0.440 e. The van der Waals surface area contributed by atoms with E-state index in [0.717, 1.165) is 11.1 Å². The molecule has 0 fully saturated rings. The van der Waals surface area contributed by atoms with E-state index in [4.69, 9.17) is 10.2 Å². The Kier molecular flexibility index (Phi) is 3.43. The van der Waals surface area contributed by atoms with E-state index in [2.05, 4.69) is 20.5 Å². The van der Waals surface area contributed by atoms with E-state index in [9.17, 15) is 0 Å². The molecule has 7 nitrogen and oxygen atoms in total. The van der Waals surface area contributed by atoms with Gasteiger partial charge in [-0.2, -0.15) is 0 Å². The summed E-state index contributed by atoms with van der Waals surface area (Å²) in [6, 6.07) is 7.68. The molecule has 0 radical (unpaired) electrons. The molecule has 0 saturated heterocycles. The van der Waals surface area contributed by atoms with Crippen molar-refractivity contribution in [3.05, 3.63) is 30.2 Å². The van der Waals surface area contributed by atoms with Crippen LogP contribution in [0.5, 0.6) is 0 Å². The number of nitrogens with two attached hydrogens (primary N) is 1. The number of rotatable bonds is 5. The van der Waals surface area contributed by atoms with Crippen molar-refractivity contribution in [2.45, 2.75) is 17.5 Å². The lowest BCUT2D eigenvalue weighted by atomic mass is 10.3. The second-order valence-electron chi connectivity index (χ2n) is 3.84. The maximum absolute atomic E-state index is 5.63. The lowest BCUT2D eigenvalue weighted by Crippen LogP contribution is -2.12. The summed E-state index contributed by atoms with van der Waals surface area (Å²) < 4.78 is 7.31. The maximum Gasteiger partial charge on any atom is 0.209 e. The average Bonchev–Trinajstić information content (AvgIpc) is 3.02. The van der Waals surface area contributed by atoms with Crippen LogP contribution in [-0.2, 0) is 12.3 Å². The Labute approximate surface area is 113 Å². The van der Waals surface area contributed by atoms with E-state index in [-0.39, 0.29) is 0 Å². The van der Waals surface area contributed by atoms with Crippen molar-refractivity contribution >= 4 is 22.9 Å². The Hall–Kier alpha value is -1.93. The SMILES string of the molecule is NCCn1nnnc1SCc1nc2ccccc2o1. The predicted molar refractivity (Wildman–Crippen MR) is 70.4 cm³/mol. The van der Waals surface area contributed by atoms with Crippen molar-refractivity contribution < 1.29 is 4.42 Å². The molecule has 98 valence electrons. The second-order valence-corrected chi connectivity index (χ2v) is 4.78. The van der Waals surface area contributed by atoms with Gasteiger partial charge in [0.05, 0.1) is 12.3 Å². The lowest BCUT2D eigenvalue weighted by Gasteiger charge is -1.99. The van der Waals surface area contributed by atoms with Crippen LogP contribution in [0.4, 0.5) is 0 Å². The molecule has 0 bridgehead atoms. The third kappa shape index (κ3) is 2.59. The molecule has 0 unspecified atom stereocenters. The molecule has 2 heterocycles. The summed E-state index contributed by atoms with van der Waals surface area (Å²) in [6.45, 7) is 1.10. The van der Waals surface area contributed by atoms with Crippen LogP contribution in [0, 0.1) is 0 Å². The van der Waals surface area contributed by atoms with E-state index < -0.39 is 0 Å². The fourth-order valence-corrected chi connectivity index (χ4v) is 2.42. The van der Waals surface area contributed by atoms with Crippen LogP contribution >= 0.6 is 11.8 Å². The molecule has 0 spiro atoms. The Morgan fingerprint density at radius 3 is 3.05 bits per heavy atom. The topological polar surface area (TPSA) is 95.7 Å². The van der Waals surface area contributed by atoms with Gasteiger partial charge in [0.1, 0.15) is 5.52 Å². The van der Waals surface area contributed by atoms with Gasteiger partial charge in [-0.05, 0) is 22.6 Å². The van der Waals surface area contributed by atoms with E-state index in [1.54, 1.807) is 4.68 Å². The number of nitrogens with zero attached hydrogens (tertiary/aromatic N) is 5. The number of oxazole rings is 1. The predicted octanol–water partition coefficient (Wildman–Crippen LogP) is 1.07. The van der Waals surface area contributed by atoms with Gasteiger partial charge in [-0.1, -0.05) is 23.9 Å². The van der Waals surface area contributed by atoms with Gasteiger partial charge in [0.25, 0.3) is 0 Å². The number of thioether (sulfide) groups is 1. The van der Waals surface area contributed by atoms with Crippen LogP contribution in [0.25, 0.3) is 11.1 Å². The zero-order valence-electron chi connectivity index (χ0n) is 10.1. The Balaban J connectivity index is 1.73. The summed E-state index contributed by atoms with van der Waals surface area (Å²) in [5, 5.41) is 12.2. The minimum Gasteiger partial charge on any atom is -0.440 e. The monoisotopic (exact) mass is 276 g/mol. The Morgan fingerprint density at radius 2 is 2.21 bits per heavy atom. The smallest absolute Gasteiger partial charge is 0.209 e. The minimum atomic E-state index is 0.501. The second kappa shape index (κ2) is 5.37. The molecule has 0 saturated carbocycles. The molecular formula is C11H12N6OS. The van der Waals surface area contributed by atoms with E-state index in [1.807, 2.05) is 24.3 Å². The molecule has 3 aromatic rings. The molecule has 0 atom stereocenters. The zero-order valence-corrected chi connectivity index (χ0v) is 10.9. The lowest BCUT2D eigenvalue weighted by molar-refractivity contribution is 0.548. The third-order valence-corrected chi connectivity index (χ3v) is 3.44. The number of fused-ring (bicyclic) bond motifs is 1. The fraction of sp³-hybridized carbons (Fsp3) is 0.273. The molecule has 19 heavy (non-hydrogen) atoms. The van der Waals surface area contributed by atoms with Crippen molar-refractivity contribution in [1.29, 1.82) is 0 Å². The van der Waals surface area contributed by atoms with Gasteiger partial charge in [-0.25, -0.2) is 9.67 Å². The van der Waals surface area contributed by atoms with Crippen molar-refractivity contribution in [2.75, 3.05) is 6.54 Å². The van der Waals surface area contributed by atoms with Crippen molar-refractivity contribution in [3.8, 4) is 0 Å². The van der Waals surface area contributed by atoms with Crippen molar-refractivity contribution in [1.82, 2.24) is 25.2 Å². The van der Waals surface area contributed by atoms with Gasteiger partial charge in [-0.3, -0.25) is 0 Å². The van der Waals surface area contributed by atoms with Crippen LogP contribution in [-0.4, -0.2) is 31.7 Å². The highest BCUT2D eigenvalue weighted by Gasteiger charge is 2.10. The zero-order chi connectivity index (χ0) is 13.1. The first kappa shape index (κ1) is 12.1. The maximum atomic E-state index is 5.63. The minimum absolute atomic E-state index is 0.501. The van der Waals surface area contributed by atoms with Gasteiger partial charge >= 0.3 is 0 Å². The molecule has 2 N–H and O–H groups in total. The summed E-state index contributed by atoms with van der Waals surface area (Å²) >= 11 is 1.48. The third-order valence-electron chi connectivity index (χ3n) is 2.50. The standard InChI is InChI=1S/C11H12N6OS/c12-5-6-17-11(14-15-16-17)19-7-10-13-8-3-1-2-4-9(8)18-10/h1-4H,5-7,12H2. The Morgan fingerprint density at radius 1 is 1.32 bits per heavy atom. The molecule has 1 aromatic carbocycles. The number of aromatic nitrogens is 5. The first-order valence-corrected chi connectivity index (χ1v) is 6.79. The van der Waals surface area contributed by atoms with Crippen LogP contribution in [0.1, 0.15) is 5.89 Å². The van der Waals surface area contributed by atoms with Gasteiger partial charge < -0.3 is 10.2 Å². The quantitative estimate of drug-likeness (QED) is 0.696. The molecule has 2 aromatic heterocycles. The highest BCUT2D eigenvalue weighted by molar-refractivity contribution is 7.98. The van der Waals surface area contributed by atoms with Gasteiger partial charge in [0.2, 0.25) is 11.0 Å². The highest BCUT2D eigenvalue weighted by atomic mass is 32.2. The normalized spacial score (nSPS) is 11.2. The fourth-order valence-electron chi connectivity index (χ4n) is 1.67. The van der Waals surface area contributed by atoms with Gasteiger partial charge in [0.15, 0.2) is 5.58 Å². The molecule has 0 aliphatic heterocycles. The van der Waals surface area contributed by atoms with Gasteiger partial charge in [0, 0.05) is 6.54 Å².